The second-order valence-corrected chi connectivity index (χ2v) is 6.98. The van der Waals surface area contributed by atoms with Crippen molar-refractivity contribution in [1.29, 1.82) is 0 Å². The van der Waals surface area contributed by atoms with Gasteiger partial charge in [0.05, 0.1) is 12.2 Å². The molecule has 116 valence electrons. The van der Waals surface area contributed by atoms with Gasteiger partial charge in [0.2, 0.25) is 11.8 Å². The van der Waals surface area contributed by atoms with Crippen LogP contribution in [0.25, 0.3) is 0 Å². The van der Waals surface area contributed by atoms with Gasteiger partial charge in [0.1, 0.15) is 11.0 Å². The topological polar surface area (TPSA) is 62.3 Å². The molecular formula is C15H23N3O2S. The lowest BCUT2D eigenvalue weighted by Gasteiger charge is -2.26. The minimum absolute atomic E-state index is 0.0145. The molecule has 1 aliphatic heterocycles. The van der Waals surface area contributed by atoms with Gasteiger partial charge < -0.3 is 10.2 Å². The van der Waals surface area contributed by atoms with E-state index in [0.29, 0.717) is 19.5 Å². The van der Waals surface area contributed by atoms with Crippen LogP contribution in [0.4, 0.5) is 0 Å². The summed E-state index contributed by atoms with van der Waals surface area (Å²) in [4.78, 5) is 31.9. The molecule has 0 bridgehead atoms. The Labute approximate surface area is 129 Å². The van der Waals surface area contributed by atoms with E-state index < -0.39 is 6.04 Å². The molecule has 2 rings (SSSR count). The van der Waals surface area contributed by atoms with E-state index in [9.17, 15) is 9.59 Å². The molecule has 6 heteroatoms. The average molecular weight is 309 g/mol. The van der Waals surface area contributed by atoms with Gasteiger partial charge in [-0.1, -0.05) is 20.3 Å². The average Bonchev–Trinajstić information content (AvgIpc) is 2.69. The number of rotatable bonds is 4. The smallest absolute Gasteiger partial charge is 0.245 e. The van der Waals surface area contributed by atoms with Crippen LogP contribution in [-0.2, 0) is 16.1 Å². The molecule has 21 heavy (non-hydrogen) atoms. The largest absolute Gasteiger partial charge is 0.344 e. The Hall–Kier alpha value is -1.43. The molecule has 1 fully saturated rings. The number of nitrogens with one attached hydrogen (secondary N) is 1. The molecule has 0 aliphatic carbocycles. The molecule has 1 saturated heterocycles. The standard InChI is InChI=1S/C15H23N3O2S/c1-5-9(2)14-15(20)18(7-6-12(19)17-14)8-13-16-10(3)11(4)21-13/h9,14H,5-8H2,1-4H3,(H,17,19). The first-order chi connectivity index (χ1) is 9.92. The van der Waals surface area contributed by atoms with Crippen molar-refractivity contribution in [2.45, 2.75) is 53.1 Å². The van der Waals surface area contributed by atoms with Crippen LogP contribution in [0.5, 0.6) is 0 Å². The maximum atomic E-state index is 12.7. The number of carbonyl (C=O) groups is 2. The molecule has 1 aromatic heterocycles. The van der Waals surface area contributed by atoms with E-state index in [4.69, 9.17) is 0 Å². The van der Waals surface area contributed by atoms with Crippen molar-refractivity contribution in [3.63, 3.8) is 0 Å². The van der Waals surface area contributed by atoms with Crippen molar-refractivity contribution >= 4 is 23.2 Å². The van der Waals surface area contributed by atoms with Crippen molar-refractivity contribution in [2.75, 3.05) is 6.54 Å². The van der Waals surface area contributed by atoms with Crippen LogP contribution < -0.4 is 5.32 Å². The Morgan fingerprint density at radius 1 is 1.43 bits per heavy atom. The summed E-state index contributed by atoms with van der Waals surface area (Å²) in [5.74, 6) is 0.116. The van der Waals surface area contributed by atoms with Crippen LogP contribution in [0, 0.1) is 19.8 Å². The summed E-state index contributed by atoms with van der Waals surface area (Å²) in [5.41, 5.74) is 1.02. The van der Waals surface area contributed by atoms with Crippen LogP contribution in [0.2, 0.25) is 0 Å². The number of hydrogen-bond donors (Lipinski definition) is 1. The van der Waals surface area contributed by atoms with E-state index in [1.165, 1.54) is 4.88 Å². The van der Waals surface area contributed by atoms with Gasteiger partial charge in [-0.2, -0.15) is 0 Å². The monoisotopic (exact) mass is 309 g/mol. The fourth-order valence-electron chi connectivity index (χ4n) is 2.40. The highest BCUT2D eigenvalue weighted by Crippen LogP contribution is 2.21. The van der Waals surface area contributed by atoms with Crippen molar-refractivity contribution in [3.05, 3.63) is 15.6 Å². The van der Waals surface area contributed by atoms with Crippen LogP contribution in [0.15, 0.2) is 0 Å². The Bertz CT molecular complexity index is 522. The van der Waals surface area contributed by atoms with E-state index in [0.717, 1.165) is 17.1 Å². The van der Waals surface area contributed by atoms with Crippen molar-refractivity contribution < 1.29 is 9.59 Å². The first kappa shape index (κ1) is 15.9. The van der Waals surface area contributed by atoms with Gasteiger partial charge in [0, 0.05) is 17.8 Å². The minimum Gasteiger partial charge on any atom is -0.344 e. The van der Waals surface area contributed by atoms with Crippen molar-refractivity contribution in [1.82, 2.24) is 15.2 Å². The Morgan fingerprint density at radius 2 is 2.14 bits per heavy atom. The van der Waals surface area contributed by atoms with Gasteiger partial charge >= 0.3 is 0 Å². The lowest BCUT2D eigenvalue weighted by molar-refractivity contribution is -0.135. The molecule has 2 unspecified atom stereocenters. The molecule has 2 atom stereocenters. The van der Waals surface area contributed by atoms with Gasteiger partial charge in [-0.25, -0.2) is 4.98 Å². The lowest BCUT2D eigenvalue weighted by atomic mass is 9.98. The Morgan fingerprint density at radius 3 is 2.71 bits per heavy atom. The van der Waals surface area contributed by atoms with Gasteiger partial charge in [0.25, 0.3) is 0 Å². The Balaban J connectivity index is 2.17. The molecule has 0 saturated carbocycles. The van der Waals surface area contributed by atoms with Crippen LogP contribution in [0.1, 0.15) is 42.3 Å². The number of aryl methyl sites for hydroxylation is 2. The number of amides is 2. The number of carbonyl (C=O) groups excluding carboxylic acids is 2. The molecule has 1 N–H and O–H groups in total. The van der Waals surface area contributed by atoms with Gasteiger partial charge in [-0.3, -0.25) is 9.59 Å². The second kappa shape index (κ2) is 6.56. The number of aromatic nitrogens is 1. The third-order valence-corrected chi connectivity index (χ3v) is 5.17. The molecule has 0 aromatic carbocycles. The molecule has 1 aromatic rings. The molecular weight excluding hydrogens is 286 g/mol. The van der Waals surface area contributed by atoms with Gasteiger partial charge in [-0.05, 0) is 19.8 Å². The normalized spacial score (nSPS) is 21.1. The maximum Gasteiger partial charge on any atom is 0.245 e. The van der Waals surface area contributed by atoms with Crippen molar-refractivity contribution in [3.8, 4) is 0 Å². The van der Waals surface area contributed by atoms with Crippen LogP contribution >= 0.6 is 11.3 Å². The van der Waals surface area contributed by atoms with Crippen LogP contribution in [-0.4, -0.2) is 34.3 Å². The number of thiazole rings is 1. The molecule has 0 spiro atoms. The summed E-state index contributed by atoms with van der Waals surface area (Å²) in [7, 11) is 0. The third kappa shape index (κ3) is 3.61. The summed E-state index contributed by atoms with van der Waals surface area (Å²) < 4.78 is 0. The minimum atomic E-state index is -0.410. The Kier molecular flexibility index (Phi) is 4.98. The second-order valence-electron chi connectivity index (χ2n) is 5.69. The summed E-state index contributed by atoms with van der Waals surface area (Å²) in [6.45, 7) is 9.02. The fraction of sp³-hybridized carbons (Fsp3) is 0.667. The van der Waals surface area contributed by atoms with Gasteiger partial charge in [0.15, 0.2) is 0 Å². The zero-order chi connectivity index (χ0) is 15.6. The summed E-state index contributed by atoms with van der Waals surface area (Å²) in [6.07, 6.45) is 1.22. The first-order valence-electron chi connectivity index (χ1n) is 7.43. The highest BCUT2D eigenvalue weighted by Gasteiger charge is 2.33. The highest BCUT2D eigenvalue weighted by atomic mass is 32.1. The SMILES string of the molecule is CCC(C)C1NC(=O)CCN(Cc2nc(C)c(C)s2)C1=O. The third-order valence-electron chi connectivity index (χ3n) is 4.11. The molecule has 1 aliphatic rings. The molecule has 2 amide bonds. The van der Waals surface area contributed by atoms with E-state index in [1.54, 1.807) is 16.2 Å². The zero-order valence-electron chi connectivity index (χ0n) is 13.1. The number of nitrogens with zero attached hydrogens (tertiary/aromatic N) is 2. The maximum absolute atomic E-state index is 12.7. The lowest BCUT2D eigenvalue weighted by Crippen LogP contribution is -2.48. The van der Waals surface area contributed by atoms with Crippen LogP contribution in [0.3, 0.4) is 0 Å². The molecule has 2 heterocycles. The molecule has 0 radical (unpaired) electrons. The molecule has 5 nitrogen and oxygen atoms in total. The van der Waals surface area contributed by atoms with Gasteiger partial charge in [-0.15, -0.1) is 11.3 Å². The predicted octanol–water partition coefficient (Wildman–Crippen LogP) is 2.02. The van der Waals surface area contributed by atoms with E-state index in [-0.39, 0.29) is 17.7 Å². The highest BCUT2D eigenvalue weighted by molar-refractivity contribution is 7.11. The van der Waals surface area contributed by atoms with E-state index in [2.05, 4.69) is 10.3 Å². The summed E-state index contributed by atoms with van der Waals surface area (Å²) in [6, 6.07) is -0.410. The van der Waals surface area contributed by atoms with E-state index in [1.807, 2.05) is 27.7 Å². The predicted molar refractivity (Wildman–Crippen MR) is 83.0 cm³/mol. The van der Waals surface area contributed by atoms with E-state index >= 15 is 0 Å². The summed E-state index contributed by atoms with van der Waals surface area (Å²) >= 11 is 1.62. The fourth-order valence-corrected chi connectivity index (χ4v) is 3.35. The quantitative estimate of drug-likeness (QED) is 0.925. The first-order valence-corrected chi connectivity index (χ1v) is 8.25. The van der Waals surface area contributed by atoms with Crippen molar-refractivity contribution in [2.24, 2.45) is 5.92 Å². The summed E-state index contributed by atoms with van der Waals surface area (Å²) in [5, 5.41) is 3.80. The number of hydrogen-bond acceptors (Lipinski definition) is 4. The zero-order valence-corrected chi connectivity index (χ0v) is 13.9.